The van der Waals surface area contributed by atoms with Gasteiger partial charge in [0.2, 0.25) is 0 Å². The van der Waals surface area contributed by atoms with Gasteiger partial charge in [-0.25, -0.2) is 0 Å². The van der Waals surface area contributed by atoms with Crippen molar-refractivity contribution in [1.82, 2.24) is 4.90 Å². The van der Waals surface area contributed by atoms with E-state index in [1.54, 1.807) is 0 Å². The Kier molecular flexibility index (Phi) is 10.1. The van der Waals surface area contributed by atoms with Crippen molar-refractivity contribution in [3.8, 4) is 0 Å². The summed E-state index contributed by atoms with van der Waals surface area (Å²) < 4.78 is 0. The van der Waals surface area contributed by atoms with E-state index in [0.717, 1.165) is 0 Å². The maximum Gasteiger partial charge on any atom is 0.00412 e. The summed E-state index contributed by atoms with van der Waals surface area (Å²) in [7, 11) is 0. The summed E-state index contributed by atoms with van der Waals surface area (Å²) in [5.41, 5.74) is 0. The minimum absolute atomic E-state index is 0.695. The van der Waals surface area contributed by atoms with Gasteiger partial charge in [-0.15, -0.1) is 0 Å². The largest absolute Gasteiger partial charge is 0.299 e. The standard InChI is InChI=1S/C15H33N/c1-6-7-8-9-10-11-12-13-16(14(2)3)15(4)5/h14-15H,6-13H2,1-5H3. The Morgan fingerprint density at radius 2 is 1.12 bits per heavy atom. The minimum atomic E-state index is 0.695. The Labute approximate surface area is 104 Å². The first-order valence-electron chi connectivity index (χ1n) is 7.35. The van der Waals surface area contributed by atoms with Gasteiger partial charge in [0.1, 0.15) is 0 Å². The van der Waals surface area contributed by atoms with E-state index in [4.69, 9.17) is 0 Å². The zero-order valence-electron chi connectivity index (χ0n) is 12.3. The molecular formula is C15H33N. The van der Waals surface area contributed by atoms with Crippen molar-refractivity contribution in [2.75, 3.05) is 6.54 Å². The minimum Gasteiger partial charge on any atom is -0.299 e. The molecule has 0 amide bonds. The fourth-order valence-electron chi connectivity index (χ4n) is 2.36. The highest BCUT2D eigenvalue weighted by molar-refractivity contribution is 4.66. The van der Waals surface area contributed by atoms with Crippen LogP contribution < -0.4 is 0 Å². The average Bonchev–Trinajstić information content (AvgIpc) is 2.21. The fourth-order valence-corrected chi connectivity index (χ4v) is 2.36. The molecule has 0 aromatic carbocycles. The van der Waals surface area contributed by atoms with E-state index in [1.165, 1.54) is 51.5 Å². The van der Waals surface area contributed by atoms with Crippen molar-refractivity contribution in [2.24, 2.45) is 0 Å². The van der Waals surface area contributed by atoms with Crippen LogP contribution in [0.5, 0.6) is 0 Å². The van der Waals surface area contributed by atoms with Crippen LogP contribution >= 0.6 is 0 Å². The first kappa shape index (κ1) is 16.0. The van der Waals surface area contributed by atoms with Crippen molar-refractivity contribution in [2.45, 2.75) is 91.6 Å². The number of rotatable bonds is 10. The van der Waals surface area contributed by atoms with Crippen LogP contribution in [0, 0.1) is 0 Å². The van der Waals surface area contributed by atoms with Crippen molar-refractivity contribution in [1.29, 1.82) is 0 Å². The van der Waals surface area contributed by atoms with E-state index in [9.17, 15) is 0 Å². The lowest BCUT2D eigenvalue weighted by Gasteiger charge is -2.30. The van der Waals surface area contributed by atoms with E-state index in [-0.39, 0.29) is 0 Å². The molecule has 0 atom stereocenters. The molecule has 0 aliphatic heterocycles. The molecule has 0 heterocycles. The van der Waals surface area contributed by atoms with Gasteiger partial charge in [0.05, 0.1) is 0 Å². The molecule has 0 fully saturated rings. The Morgan fingerprint density at radius 3 is 1.56 bits per heavy atom. The highest BCUT2D eigenvalue weighted by Gasteiger charge is 2.11. The van der Waals surface area contributed by atoms with Crippen molar-refractivity contribution in [3.05, 3.63) is 0 Å². The number of hydrogen-bond acceptors (Lipinski definition) is 1. The third kappa shape index (κ3) is 8.15. The van der Waals surface area contributed by atoms with Crippen LogP contribution in [0.15, 0.2) is 0 Å². The van der Waals surface area contributed by atoms with Crippen LogP contribution in [0.4, 0.5) is 0 Å². The summed E-state index contributed by atoms with van der Waals surface area (Å²) in [6.07, 6.45) is 9.89. The van der Waals surface area contributed by atoms with Crippen molar-refractivity contribution in [3.63, 3.8) is 0 Å². The molecule has 0 bridgehead atoms. The lowest BCUT2D eigenvalue weighted by Crippen LogP contribution is -2.37. The fraction of sp³-hybridized carbons (Fsp3) is 1.00. The first-order chi connectivity index (χ1) is 7.59. The molecule has 0 rings (SSSR count). The molecule has 0 aromatic heterocycles. The third-order valence-corrected chi connectivity index (χ3v) is 3.35. The summed E-state index contributed by atoms with van der Waals surface area (Å²) in [6.45, 7) is 12.8. The van der Waals surface area contributed by atoms with Gasteiger partial charge >= 0.3 is 0 Å². The highest BCUT2D eigenvalue weighted by atomic mass is 15.2. The second-order valence-corrected chi connectivity index (χ2v) is 5.55. The molecule has 1 nitrogen and oxygen atoms in total. The van der Waals surface area contributed by atoms with E-state index in [2.05, 4.69) is 39.5 Å². The van der Waals surface area contributed by atoms with Crippen LogP contribution in [-0.4, -0.2) is 23.5 Å². The topological polar surface area (TPSA) is 3.24 Å². The van der Waals surface area contributed by atoms with Gasteiger partial charge in [-0.05, 0) is 40.7 Å². The van der Waals surface area contributed by atoms with E-state index < -0.39 is 0 Å². The normalized spacial score (nSPS) is 12.0. The highest BCUT2D eigenvalue weighted by Crippen LogP contribution is 2.10. The predicted molar refractivity (Wildman–Crippen MR) is 75.0 cm³/mol. The van der Waals surface area contributed by atoms with Gasteiger partial charge in [-0.2, -0.15) is 0 Å². The van der Waals surface area contributed by atoms with Crippen LogP contribution in [0.25, 0.3) is 0 Å². The monoisotopic (exact) mass is 227 g/mol. The average molecular weight is 227 g/mol. The maximum atomic E-state index is 2.60. The third-order valence-electron chi connectivity index (χ3n) is 3.35. The summed E-state index contributed by atoms with van der Waals surface area (Å²) >= 11 is 0. The van der Waals surface area contributed by atoms with Gasteiger partial charge in [0.25, 0.3) is 0 Å². The summed E-state index contributed by atoms with van der Waals surface area (Å²) in [5, 5.41) is 0. The predicted octanol–water partition coefficient (Wildman–Crippen LogP) is 4.86. The van der Waals surface area contributed by atoms with E-state index in [0.29, 0.717) is 12.1 Å². The van der Waals surface area contributed by atoms with Crippen LogP contribution in [0.3, 0.4) is 0 Å². The SMILES string of the molecule is CCCCCCCCCN(C(C)C)C(C)C. The Bertz CT molecular complexity index is 132. The summed E-state index contributed by atoms with van der Waals surface area (Å²) in [5.74, 6) is 0. The second kappa shape index (κ2) is 10.1. The maximum absolute atomic E-state index is 2.60. The molecule has 0 aliphatic carbocycles. The Hall–Kier alpha value is -0.0400. The molecule has 0 saturated carbocycles. The molecule has 16 heavy (non-hydrogen) atoms. The van der Waals surface area contributed by atoms with Gasteiger partial charge in [-0.3, -0.25) is 4.90 Å². The van der Waals surface area contributed by atoms with E-state index in [1.807, 2.05) is 0 Å². The van der Waals surface area contributed by atoms with Gasteiger partial charge in [0, 0.05) is 12.1 Å². The van der Waals surface area contributed by atoms with E-state index >= 15 is 0 Å². The lowest BCUT2D eigenvalue weighted by molar-refractivity contribution is 0.171. The number of nitrogens with zero attached hydrogens (tertiary/aromatic N) is 1. The van der Waals surface area contributed by atoms with Gasteiger partial charge in [0.15, 0.2) is 0 Å². The van der Waals surface area contributed by atoms with Crippen LogP contribution in [0.1, 0.15) is 79.6 Å². The second-order valence-electron chi connectivity index (χ2n) is 5.55. The van der Waals surface area contributed by atoms with Crippen LogP contribution in [-0.2, 0) is 0 Å². The number of unbranched alkanes of at least 4 members (excludes halogenated alkanes) is 6. The summed E-state index contributed by atoms with van der Waals surface area (Å²) in [4.78, 5) is 2.60. The Morgan fingerprint density at radius 1 is 0.688 bits per heavy atom. The Balaban J connectivity index is 3.41. The van der Waals surface area contributed by atoms with Gasteiger partial charge < -0.3 is 0 Å². The molecule has 0 saturated heterocycles. The smallest absolute Gasteiger partial charge is 0.00412 e. The molecule has 0 aliphatic rings. The molecule has 0 radical (unpaired) electrons. The molecule has 0 unspecified atom stereocenters. The van der Waals surface area contributed by atoms with Gasteiger partial charge in [-0.1, -0.05) is 45.4 Å². The molecule has 0 spiro atoms. The number of hydrogen-bond donors (Lipinski definition) is 0. The summed E-state index contributed by atoms with van der Waals surface area (Å²) in [6, 6.07) is 1.39. The zero-order chi connectivity index (χ0) is 12.4. The molecule has 1 heteroatoms. The molecular weight excluding hydrogens is 194 g/mol. The van der Waals surface area contributed by atoms with Crippen molar-refractivity contribution >= 4 is 0 Å². The quantitative estimate of drug-likeness (QED) is 0.482. The molecule has 0 aromatic rings. The lowest BCUT2D eigenvalue weighted by atomic mass is 10.1. The molecule has 0 N–H and O–H groups in total. The molecule has 98 valence electrons. The van der Waals surface area contributed by atoms with Crippen LogP contribution in [0.2, 0.25) is 0 Å². The zero-order valence-corrected chi connectivity index (χ0v) is 12.3. The first-order valence-corrected chi connectivity index (χ1v) is 7.35. The van der Waals surface area contributed by atoms with Crippen molar-refractivity contribution < 1.29 is 0 Å².